The molecule has 0 radical (unpaired) electrons. The molecule has 2 N–H and O–H groups in total. The molecule has 0 aromatic heterocycles. The second-order valence-corrected chi connectivity index (χ2v) is 4.43. The van der Waals surface area contributed by atoms with E-state index in [4.69, 9.17) is 10.5 Å². The Morgan fingerprint density at radius 2 is 2.20 bits per heavy atom. The number of nitrogens with two attached hydrogens (primary N) is 1. The molecule has 15 heavy (non-hydrogen) atoms. The van der Waals surface area contributed by atoms with Gasteiger partial charge >= 0.3 is 0 Å². The van der Waals surface area contributed by atoms with Crippen LogP contribution in [-0.2, 0) is 6.42 Å². The van der Waals surface area contributed by atoms with Crippen LogP contribution in [-0.4, -0.2) is 30.6 Å². The summed E-state index contributed by atoms with van der Waals surface area (Å²) in [7, 11) is 0. The molecule has 1 saturated heterocycles. The van der Waals surface area contributed by atoms with Gasteiger partial charge in [0.2, 0.25) is 0 Å². The molecule has 0 bridgehead atoms. The predicted molar refractivity (Wildman–Crippen MR) is 60.0 cm³/mol. The summed E-state index contributed by atoms with van der Waals surface area (Å²) < 4.78 is 5.75. The highest BCUT2D eigenvalue weighted by Gasteiger charge is 2.28. The third-order valence-electron chi connectivity index (χ3n) is 3.39. The molecule has 1 fully saturated rings. The van der Waals surface area contributed by atoms with Crippen LogP contribution in [0.4, 0.5) is 5.69 Å². The Bertz CT molecular complexity index is 374. The van der Waals surface area contributed by atoms with Gasteiger partial charge in [0.25, 0.3) is 0 Å². The number of fused-ring (bicyclic) bond motifs is 1. The fourth-order valence-electron chi connectivity index (χ4n) is 2.31. The van der Waals surface area contributed by atoms with Crippen LogP contribution in [0.15, 0.2) is 18.2 Å². The molecular weight excluding hydrogens is 188 g/mol. The molecule has 0 amide bonds. The fourth-order valence-corrected chi connectivity index (χ4v) is 2.31. The highest BCUT2D eigenvalue weighted by atomic mass is 16.5. The summed E-state index contributed by atoms with van der Waals surface area (Å²) in [5, 5.41) is 0. The van der Waals surface area contributed by atoms with Crippen LogP contribution in [0.5, 0.6) is 5.75 Å². The van der Waals surface area contributed by atoms with Crippen LogP contribution in [0, 0.1) is 0 Å². The van der Waals surface area contributed by atoms with E-state index in [1.54, 1.807) is 0 Å². The minimum absolute atomic E-state index is 0.579. The first kappa shape index (κ1) is 9.04. The number of nitrogen functional groups attached to an aromatic ring is 1. The first-order valence-corrected chi connectivity index (χ1v) is 5.58. The zero-order chi connectivity index (χ0) is 10.3. The SMILES string of the molecule is Nc1ccc2c(c1)OCC(N1CCC1)C2. The van der Waals surface area contributed by atoms with E-state index in [9.17, 15) is 0 Å². The molecular formula is C12H16N2O. The van der Waals surface area contributed by atoms with E-state index in [0.29, 0.717) is 6.04 Å². The van der Waals surface area contributed by atoms with Gasteiger partial charge in [-0.05, 0) is 37.6 Å². The van der Waals surface area contributed by atoms with Crippen LogP contribution in [0.2, 0.25) is 0 Å². The van der Waals surface area contributed by atoms with Crippen molar-refractivity contribution in [2.24, 2.45) is 0 Å². The summed E-state index contributed by atoms with van der Waals surface area (Å²) in [6.07, 6.45) is 2.45. The molecule has 3 rings (SSSR count). The molecule has 2 aliphatic rings. The van der Waals surface area contributed by atoms with Gasteiger partial charge in [-0.2, -0.15) is 0 Å². The zero-order valence-corrected chi connectivity index (χ0v) is 8.78. The molecule has 3 nitrogen and oxygen atoms in total. The smallest absolute Gasteiger partial charge is 0.124 e. The minimum atomic E-state index is 0.579. The number of benzene rings is 1. The van der Waals surface area contributed by atoms with Gasteiger partial charge in [0, 0.05) is 17.8 Å². The van der Waals surface area contributed by atoms with Crippen LogP contribution in [0.3, 0.4) is 0 Å². The first-order chi connectivity index (χ1) is 7.33. The normalized spacial score (nSPS) is 25.2. The zero-order valence-electron chi connectivity index (χ0n) is 8.78. The van der Waals surface area contributed by atoms with Crippen LogP contribution in [0.1, 0.15) is 12.0 Å². The topological polar surface area (TPSA) is 38.5 Å². The average molecular weight is 204 g/mol. The number of ether oxygens (including phenoxy) is 1. The maximum absolute atomic E-state index is 5.75. The Balaban J connectivity index is 1.80. The lowest BCUT2D eigenvalue weighted by atomic mass is 9.99. The van der Waals surface area contributed by atoms with Crippen LogP contribution >= 0.6 is 0 Å². The van der Waals surface area contributed by atoms with E-state index in [2.05, 4.69) is 11.0 Å². The summed E-state index contributed by atoms with van der Waals surface area (Å²) in [6.45, 7) is 3.28. The van der Waals surface area contributed by atoms with E-state index >= 15 is 0 Å². The van der Waals surface area contributed by atoms with E-state index in [0.717, 1.165) is 24.5 Å². The Labute approximate surface area is 89.8 Å². The van der Waals surface area contributed by atoms with E-state index in [1.165, 1.54) is 25.1 Å². The summed E-state index contributed by atoms with van der Waals surface area (Å²) in [4.78, 5) is 2.50. The lowest BCUT2D eigenvalue weighted by Gasteiger charge is -2.40. The molecule has 2 heterocycles. The van der Waals surface area contributed by atoms with Gasteiger partial charge in [0.15, 0.2) is 0 Å². The summed E-state index contributed by atoms with van der Waals surface area (Å²) in [5.41, 5.74) is 7.81. The van der Waals surface area contributed by atoms with Crippen molar-refractivity contribution in [1.29, 1.82) is 0 Å². The molecule has 1 aromatic rings. The highest BCUT2D eigenvalue weighted by Crippen LogP contribution is 2.29. The second kappa shape index (κ2) is 3.42. The predicted octanol–water partition coefficient (Wildman–Crippen LogP) is 1.28. The second-order valence-electron chi connectivity index (χ2n) is 4.43. The van der Waals surface area contributed by atoms with Crippen molar-refractivity contribution in [2.75, 3.05) is 25.4 Å². The Morgan fingerprint density at radius 3 is 2.93 bits per heavy atom. The van der Waals surface area contributed by atoms with E-state index in [-0.39, 0.29) is 0 Å². The van der Waals surface area contributed by atoms with Crippen molar-refractivity contribution in [2.45, 2.75) is 18.9 Å². The summed E-state index contributed by atoms with van der Waals surface area (Å²) in [6, 6.07) is 6.56. The van der Waals surface area contributed by atoms with Crippen molar-refractivity contribution in [3.8, 4) is 5.75 Å². The minimum Gasteiger partial charge on any atom is -0.492 e. The number of hydrogen-bond acceptors (Lipinski definition) is 3. The molecule has 0 spiro atoms. The number of rotatable bonds is 1. The van der Waals surface area contributed by atoms with Gasteiger partial charge in [0.1, 0.15) is 12.4 Å². The molecule has 1 aromatic carbocycles. The van der Waals surface area contributed by atoms with Gasteiger partial charge in [-0.1, -0.05) is 6.07 Å². The lowest BCUT2D eigenvalue weighted by Crippen LogP contribution is -2.50. The summed E-state index contributed by atoms with van der Waals surface area (Å²) in [5.74, 6) is 0.978. The van der Waals surface area contributed by atoms with Crippen LogP contribution < -0.4 is 10.5 Å². The van der Waals surface area contributed by atoms with E-state index < -0.39 is 0 Å². The molecule has 1 atom stereocenters. The third kappa shape index (κ3) is 1.57. The maximum atomic E-state index is 5.75. The van der Waals surface area contributed by atoms with Crippen molar-refractivity contribution in [1.82, 2.24) is 4.90 Å². The van der Waals surface area contributed by atoms with Gasteiger partial charge < -0.3 is 10.5 Å². The number of nitrogens with zero attached hydrogens (tertiary/aromatic N) is 1. The van der Waals surface area contributed by atoms with Gasteiger partial charge in [0.05, 0.1) is 0 Å². The fraction of sp³-hybridized carbons (Fsp3) is 0.500. The molecule has 0 saturated carbocycles. The average Bonchev–Trinajstić information content (AvgIpc) is 2.15. The summed E-state index contributed by atoms with van der Waals surface area (Å²) >= 11 is 0. The Kier molecular flexibility index (Phi) is 2.06. The molecule has 0 aliphatic carbocycles. The Hall–Kier alpha value is -1.22. The standard InChI is InChI=1S/C12H16N2O/c13-10-3-2-9-6-11(14-4-1-5-14)8-15-12(9)7-10/h2-3,7,11H,1,4-6,8,13H2. The van der Waals surface area contributed by atoms with Gasteiger partial charge in [-0.15, -0.1) is 0 Å². The molecule has 2 aliphatic heterocycles. The van der Waals surface area contributed by atoms with Crippen LogP contribution in [0.25, 0.3) is 0 Å². The van der Waals surface area contributed by atoms with Gasteiger partial charge in [-0.3, -0.25) is 4.90 Å². The lowest BCUT2D eigenvalue weighted by molar-refractivity contribution is 0.0693. The first-order valence-electron chi connectivity index (χ1n) is 5.58. The third-order valence-corrected chi connectivity index (χ3v) is 3.39. The van der Waals surface area contributed by atoms with Crippen molar-refractivity contribution in [3.63, 3.8) is 0 Å². The molecule has 80 valence electrons. The number of anilines is 1. The van der Waals surface area contributed by atoms with Gasteiger partial charge in [-0.25, -0.2) is 0 Å². The maximum Gasteiger partial charge on any atom is 0.124 e. The van der Waals surface area contributed by atoms with Crippen molar-refractivity contribution < 1.29 is 4.74 Å². The highest BCUT2D eigenvalue weighted by molar-refractivity contribution is 5.49. The Morgan fingerprint density at radius 1 is 1.33 bits per heavy atom. The van der Waals surface area contributed by atoms with E-state index in [1.807, 2.05) is 12.1 Å². The number of likely N-dealkylation sites (tertiary alicyclic amines) is 1. The number of hydrogen-bond donors (Lipinski definition) is 1. The monoisotopic (exact) mass is 204 g/mol. The quantitative estimate of drug-likeness (QED) is 0.700. The largest absolute Gasteiger partial charge is 0.492 e. The van der Waals surface area contributed by atoms with Crippen molar-refractivity contribution in [3.05, 3.63) is 23.8 Å². The molecule has 1 unspecified atom stereocenters. The van der Waals surface area contributed by atoms with Crippen molar-refractivity contribution >= 4 is 5.69 Å². The molecule has 3 heteroatoms.